The van der Waals surface area contributed by atoms with Crippen LogP contribution in [0.3, 0.4) is 0 Å². The number of carbonyl (C=O) groups is 3. The largest absolute Gasteiger partial charge is 0.462 e. The van der Waals surface area contributed by atoms with Crippen molar-refractivity contribution < 1.29 is 49.0 Å². The molecular formula is C31H51NO10. The first kappa shape index (κ1) is 36.2. The van der Waals surface area contributed by atoms with Gasteiger partial charge in [0.15, 0.2) is 12.1 Å². The average molecular weight is 598 g/mol. The van der Waals surface area contributed by atoms with E-state index in [-0.39, 0.29) is 31.7 Å². The van der Waals surface area contributed by atoms with E-state index >= 15 is 0 Å². The summed E-state index contributed by atoms with van der Waals surface area (Å²) in [5.74, 6) is -3.16. The van der Waals surface area contributed by atoms with Crippen molar-refractivity contribution in [2.45, 2.75) is 109 Å². The molecule has 11 heteroatoms. The zero-order valence-electron chi connectivity index (χ0n) is 26.0. The minimum Gasteiger partial charge on any atom is -0.462 e. The van der Waals surface area contributed by atoms with Gasteiger partial charge in [0.1, 0.15) is 18.5 Å². The van der Waals surface area contributed by atoms with Crippen LogP contribution in [0.25, 0.3) is 0 Å². The van der Waals surface area contributed by atoms with Crippen molar-refractivity contribution >= 4 is 18.0 Å². The summed E-state index contributed by atoms with van der Waals surface area (Å²) in [5.41, 5.74) is 0.714. The normalized spacial score (nSPS) is 41.6. The summed E-state index contributed by atoms with van der Waals surface area (Å²) in [6.45, 7) is 8.42. The molecule has 11 nitrogen and oxygen atoms in total. The highest BCUT2D eigenvalue weighted by atomic mass is 16.7. The summed E-state index contributed by atoms with van der Waals surface area (Å²) in [6.07, 6.45) is -1.12. The molecule has 0 radical (unpaired) electrons. The van der Waals surface area contributed by atoms with E-state index in [2.05, 4.69) is 0 Å². The Hall–Kier alpha value is -1.99. The number of ether oxygens (including phenoxy) is 3. The third-order valence-corrected chi connectivity index (χ3v) is 8.56. The maximum Gasteiger partial charge on any atom is 0.308 e. The lowest BCUT2D eigenvalue weighted by Gasteiger charge is -2.46. The minimum atomic E-state index is -1.27. The lowest BCUT2D eigenvalue weighted by Crippen LogP contribution is -2.63. The molecule has 2 heterocycles. The molecule has 2 aliphatic heterocycles. The van der Waals surface area contributed by atoms with Gasteiger partial charge in [-0.3, -0.25) is 9.59 Å². The Morgan fingerprint density at radius 1 is 1.10 bits per heavy atom. The smallest absolute Gasteiger partial charge is 0.308 e. The van der Waals surface area contributed by atoms with E-state index in [0.29, 0.717) is 12.0 Å². The van der Waals surface area contributed by atoms with Gasteiger partial charge in [-0.2, -0.15) is 0 Å². The van der Waals surface area contributed by atoms with Crippen LogP contribution in [0.4, 0.5) is 0 Å². The molecule has 240 valence electrons. The number of ketones is 1. The quantitative estimate of drug-likeness (QED) is 0.248. The van der Waals surface area contributed by atoms with Gasteiger partial charge in [0.05, 0.1) is 43.5 Å². The number of hydrogen-bond donors (Lipinski definition) is 4. The molecule has 4 N–H and O–H groups in total. The van der Waals surface area contributed by atoms with E-state index in [4.69, 9.17) is 14.2 Å². The molecule has 0 saturated carbocycles. The van der Waals surface area contributed by atoms with Crippen LogP contribution in [0.15, 0.2) is 23.8 Å². The number of aldehydes is 1. The summed E-state index contributed by atoms with van der Waals surface area (Å²) in [7, 11) is 3.43. The molecule has 0 bridgehead atoms. The molecular weight excluding hydrogens is 546 g/mol. The fourth-order valence-corrected chi connectivity index (χ4v) is 5.93. The van der Waals surface area contributed by atoms with Gasteiger partial charge < -0.3 is 44.3 Å². The highest BCUT2D eigenvalue weighted by Crippen LogP contribution is 2.34. The maximum absolute atomic E-state index is 13.1. The van der Waals surface area contributed by atoms with E-state index in [0.717, 1.165) is 6.29 Å². The number of aliphatic hydroxyl groups is 4. The molecule has 1 unspecified atom stereocenters. The maximum atomic E-state index is 13.1. The van der Waals surface area contributed by atoms with Crippen molar-refractivity contribution in [3.63, 3.8) is 0 Å². The summed E-state index contributed by atoms with van der Waals surface area (Å²) in [4.78, 5) is 39.6. The van der Waals surface area contributed by atoms with Crippen molar-refractivity contribution in [3.05, 3.63) is 23.8 Å². The number of aliphatic hydroxyl groups excluding tert-OH is 4. The molecule has 42 heavy (non-hydrogen) atoms. The second-order valence-electron chi connectivity index (χ2n) is 12.1. The predicted octanol–water partition coefficient (Wildman–Crippen LogP) is 1.40. The van der Waals surface area contributed by atoms with Gasteiger partial charge in [-0.1, -0.05) is 38.5 Å². The predicted molar refractivity (Wildman–Crippen MR) is 155 cm³/mol. The number of nitrogens with zero attached hydrogens (tertiary/aromatic N) is 1. The first-order valence-corrected chi connectivity index (χ1v) is 14.9. The monoisotopic (exact) mass is 597 g/mol. The summed E-state index contributed by atoms with van der Waals surface area (Å²) in [5, 5.41) is 43.0. The van der Waals surface area contributed by atoms with Crippen molar-refractivity contribution in [2.75, 3.05) is 20.7 Å². The highest BCUT2D eigenvalue weighted by molar-refractivity contribution is 5.91. The van der Waals surface area contributed by atoms with E-state index < -0.39 is 78.6 Å². The number of allylic oxidation sites excluding steroid dienone is 3. The second-order valence-corrected chi connectivity index (χ2v) is 12.1. The molecule has 0 spiro atoms. The van der Waals surface area contributed by atoms with Gasteiger partial charge in [-0.15, -0.1) is 0 Å². The number of esters is 1. The lowest BCUT2D eigenvalue weighted by molar-refractivity contribution is -0.304. The SMILES string of the molecule is CC[C@H]1OC(=O)C[C@@H](O)[C@H](C)[C@@H](O[C@@H]2O[C@H](C)[C@@H](O)[C@H](N(C)C)[C@H]2O)[C@@H](CC=O)C[C@@H](C)C(=O)/C=C/C(C)=C/C1CO. The summed E-state index contributed by atoms with van der Waals surface area (Å²) >= 11 is 0. The third-order valence-electron chi connectivity index (χ3n) is 8.56. The third kappa shape index (κ3) is 9.51. The Labute approximate surface area is 249 Å². The number of rotatable bonds is 7. The number of cyclic esters (lactones) is 1. The van der Waals surface area contributed by atoms with E-state index in [1.807, 2.05) is 6.92 Å². The van der Waals surface area contributed by atoms with Gasteiger partial charge in [0, 0.05) is 24.2 Å². The zero-order valence-corrected chi connectivity index (χ0v) is 26.0. The first-order chi connectivity index (χ1) is 19.7. The second kappa shape index (κ2) is 16.7. The number of likely N-dealkylation sites (N-methyl/N-ethyl adjacent to an activating group) is 1. The average Bonchev–Trinajstić information content (AvgIpc) is 2.93. The van der Waals surface area contributed by atoms with Crippen LogP contribution < -0.4 is 0 Å². The summed E-state index contributed by atoms with van der Waals surface area (Å²) in [6, 6.07) is -0.711. The van der Waals surface area contributed by atoms with E-state index in [1.165, 1.54) is 6.08 Å². The molecule has 2 aliphatic rings. The van der Waals surface area contributed by atoms with Crippen molar-refractivity contribution in [1.29, 1.82) is 0 Å². The Bertz CT molecular complexity index is 952. The van der Waals surface area contributed by atoms with Crippen molar-refractivity contribution in [3.8, 4) is 0 Å². The fourth-order valence-electron chi connectivity index (χ4n) is 5.93. The van der Waals surface area contributed by atoms with Crippen molar-refractivity contribution in [1.82, 2.24) is 4.90 Å². The Kier molecular flexibility index (Phi) is 14.4. The Balaban J connectivity index is 2.52. The molecule has 0 aromatic rings. The van der Waals surface area contributed by atoms with Crippen LogP contribution in [-0.4, -0.2) is 113 Å². The van der Waals surface area contributed by atoms with Gasteiger partial charge >= 0.3 is 5.97 Å². The van der Waals surface area contributed by atoms with Crippen LogP contribution in [0.2, 0.25) is 0 Å². The lowest BCUT2D eigenvalue weighted by atomic mass is 9.79. The fraction of sp³-hybridized carbons (Fsp3) is 0.774. The van der Waals surface area contributed by atoms with Crippen LogP contribution in [-0.2, 0) is 28.6 Å². The van der Waals surface area contributed by atoms with Gasteiger partial charge in [-0.05, 0) is 52.8 Å². The molecule has 1 fully saturated rings. The molecule has 12 atom stereocenters. The van der Waals surface area contributed by atoms with E-state index in [1.54, 1.807) is 58.8 Å². The topological polar surface area (TPSA) is 163 Å². The molecule has 0 aliphatic carbocycles. The van der Waals surface area contributed by atoms with Crippen molar-refractivity contribution in [2.24, 2.45) is 23.7 Å². The molecule has 0 aromatic heterocycles. The standard InChI is InChI=1S/C31H51NO10/c1-8-25-22(16-34)13-17(2)9-10-23(35)18(3)14-21(11-12-33)30(19(4)24(36)15-26(37)41-25)42-31-29(39)27(32(6)7)28(38)20(5)40-31/h9-10,12-13,18-22,24-25,27-31,34,36,38-39H,8,11,14-16H2,1-7H3/b10-9+,17-13+/t18-,19+,20-,21+,22?,24-,25-,27+,28-,29-,30-,31+/m1/s1. The number of carbonyl (C=O) groups excluding carboxylic acids is 3. The Morgan fingerprint density at radius 3 is 2.33 bits per heavy atom. The molecule has 1 saturated heterocycles. The number of hydrogen-bond acceptors (Lipinski definition) is 11. The zero-order chi connectivity index (χ0) is 31.7. The summed E-state index contributed by atoms with van der Waals surface area (Å²) < 4.78 is 17.9. The van der Waals surface area contributed by atoms with Gasteiger partial charge in [-0.25, -0.2) is 0 Å². The van der Waals surface area contributed by atoms with Crippen LogP contribution >= 0.6 is 0 Å². The Morgan fingerprint density at radius 2 is 1.76 bits per heavy atom. The first-order valence-electron chi connectivity index (χ1n) is 14.9. The van der Waals surface area contributed by atoms with Gasteiger partial charge in [0.2, 0.25) is 0 Å². The van der Waals surface area contributed by atoms with Gasteiger partial charge in [0.25, 0.3) is 0 Å². The molecule has 0 aromatic carbocycles. The van der Waals surface area contributed by atoms with Crippen LogP contribution in [0.5, 0.6) is 0 Å². The van der Waals surface area contributed by atoms with E-state index in [9.17, 15) is 34.8 Å². The molecule has 2 rings (SSSR count). The van der Waals surface area contributed by atoms with Crippen LogP contribution in [0.1, 0.15) is 60.3 Å². The highest BCUT2D eigenvalue weighted by Gasteiger charge is 2.47. The van der Waals surface area contributed by atoms with Crippen LogP contribution in [0, 0.1) is 23.7 Å². The molecule has 0 amide bonds. The minimum absolute atomic E-state index is 0.000625.